The third-order valence-electron chi connectivity index (χ3n) is 4.66. The van der Waals surface area contributed by atoms with Crippen molar-refractivity contribution >= 4 is 28.9 Å². The molecule has 0 aliphatic carbocycles. The molecule has 27 heavy (non-hydrogen) atoms. The highest BCUT2D eigenvalue weighted by molar-refractivity contribution is 6.33. The smallest absolute Gasteiger partial charge is 0.255 e. The molecule has 1 aliphatic rings. The quantitative estimate of drug-likeness (QED) is 0.849. The van der Waals surface area contributed by atoms with Gasteiger partial charge in [-0.1, -0.05) is 11.6 Å². The fourth-order valence-electron chi connectivity index (χ4n) is 3.03. The summed E-state index contributed by atoms with van der Waals surface area (Å²) >= 11 is 6.48. The lowest BCUT2D eigenvalue weighted by Crippen LogP contribution is -2.44. The topological polar surface area (TPSA) is 54.0 Å². The van der Waals surface area contributed by atoms with Crippen LogP contribution in [0.5, 0.6) is 11.5 Å². The van der Waals surface area contributed by atoms with Crippen LogP contribution in [0.4, 0.5) is 11.4 Å². The molecule has 0 saturated carbocycles. The van der Waals surface area contributed by atoms with Gasteiger partial charge in [0.15, 0.2) is 0 Å². The minimum Gasteiger partial charge on any atom is -0.497 e. The number of halogens is 1. The molecular weight excluding hydrogens is 366 g/mol. The van der Waals surface area contributed by atoms with Crippen LogP contribution in [-0.4, -0.2) is 58.3 Å². The van der Waals surface area contributed by atoms with E-state index in [1.54, 1.807) is 38.5 Å². The first-order valence-electron chi connectivity index (χ1n) is 8.77. The van der Waals surface area contributed by atoms with Crippen molar-refractivity contribution in [3.05, 3.63) is 47.0 Å². The SMILES string of the molecule is COc1cc(OC)cc(C(=O)Nc2ccc(N3CCN(C)CC3)c(Cl)c2)c1. The second-order valence-corrected chi connectivity index (χ2v) is 6.92. The number of benzene rings is 2. The lowest BCUT2D eigenvalue weighted by Gasteiger charge is -2.34. The molecule has 0 radical (unpaired) electrons. The second kappa shape index (κ2) is 8.50. The zero-order chi connectivity index (χ0) is 19.4. The first kappa shape index (κ1) is 19.3. The molecule has 1 N–H and O–H groups in total. The highest BCUT2D eigenvalue weighted by Gasteiger charge is 2.17. The van der Waals surface area contributed by atoms with Crippen molar-refractivity contribution in [3.8, 4) is 11.5 Å². The van der Waals surface area contributed by atoms with Gasteiger partial charge in [0.25, 0.3) is 5.91 Å². The van der Waals surface area contributed by atoms with E-state index in [0.717, 1.165) is 31.9 Å². The van der Waals surface area contributed by atoms with E-state index in [1.807, 2.05) is 12.1 Å². The van der Waals surface area contributed by atoms with Gasteiger partial charge in [0.05, 0.1) is 24.9 Å². The molecule has 0 aromatic heterocycles. The van der Waals surface area contributed by atoms with Crippen LogP contribution in [-0.2, 0) is 0 Å². The predicted octanol–water partition coefficient (Wildman–Crippen LogP) is 3.36. The van der Waals surface area contributed by atoms with Gasteiger partial charge in [-0.25, -0.2) is 0 Å². The van der Waals surface area contributed by atoms with E-state index in [0.29, 0.717) is 27.8 Å². The summed E-state index contributed by atoms with van der Waals surface area (Å²) in [6.07, 6.45) is 0. The van der Waals surface area contributed by atoms with Gasteiger partial charge < -0.3 is 24.6 Å². The van der Waals surface area contributed by atoms with E-state index in [4.69, 9.17) is 21.1 Å². The normalized spacial score (nSPS) is 14.7. The number of carbonyl (C=O) groups excluding carboxylic acids is 1. The maximum absolute atomic E-state index is 12.6. The van der Waals surface area contributed by atoms with Crippen LogP contribution in [0.25, 0.3) is 0 Å². The molecule has 1 aliphatic heterocycles. The summed E-state index contributed by atoms with van der Waals surface area (Å²) in [5.74, 6) is 0.863. The van der Waals surface area contributed by atoms with E-state index in [1.165, 1.54) is 0 Å². The number of hydrogen-bond donors (Lipinski definition) is 1. The Kier molecular flexibility index (Phi) is 6.08. The van der Waals surface area contributed by atoms with Crippen LogP contribution in [0.3, 0.4) is 0 Å². The average molecular weight is 390 g/mol. The van der Waals surface area contributed by atoms with Gasteiger partial charge in [0.2, 0.25) is 0 Å². The number of anilines is 2. The molecule has 2 aromatic rings. The molecule has 1 heterocycles. The number of rotatable bonds is 5. The average Bonchev–Trinajstić information content (AvgIpc) is 2.68. The molecule has 1 fully saturated rings. The van der Waals surface area contributed by atoms with Gasteiger partial charge in [-0.3, -0.25) is 4.79 Å². The second-order valence-electron chi connectivity index (χ2n) is 6.51. The summed E-state index contributed by atoms with van der Waals surface area (Å²) in [6, 6.07) is 10.7. The summed E-state index contributed by atoms with van der Waals surface area (Å²) < 4.78 is 10.4. The fourth-order valence-corrected chi connectivity index (χ4v) is 3.33. The molecule has 2 aromatic carbocycles. The van der Waals surface area contributed by atoms with Crippen LogP contribution in [0.1, 0.15) is 10.4 Å². The van der Waals surface area contributed by atoms with Gasteiger partial charge in [-0.15, -0.1) is 0 Å². The molecule has 0 bridgehead atoms. The molecule has 1 saturated heterocycles. The summed E-state index contributed by atoms with van der Waals surface area (Å²) in [5, 5.41) is 3.50. The summed E-state index contributed by atoms with van der Waals surface area (Å²) in [4.78, 5) is 17.2. The van der Waals surface area contributed by atoms with Crippen molar-refractivity contribution in [2.75, 3.05) is 57.7 Å². The lowest BCUT2D eigenvalue weighted by atomic mass is 10.1. The first-order valence-corrected chi connectivity index (χ1v) is 9.15. The number of ether oxygens (including phenoxy) is 2. The van der Waals surface area contributed by atoms with Crippen molar-refractivity contribution in [2.45, 2.75) is 0 Å². The zero-order valence-electron chi connectivity index (χ0n) is 15.8. The Morgan fingerprint density at radius 1 is 1.00 bits per heavy atom. The fraction of sp³-hybridized carbons (Fsp3) is 0.350. The summed E-state index contributed by atoms with van der Waals surface area (Å²) in [5.41, 5.74) is 2.08. The number of likely N-dealkylation sites (N-methyl/N-ethyl adjacent to an activating group) is 1. The van der Waals surface area contributed by atoms with E-state index in [-0.39, 0.29) is 5.91 Å². The van der Waals surface area contributed by atoms with Crippen molar-refractivity contribution in [1.82, 2.24) is 4.90 Å². The van der Waals surface area contributed by atoms with Gasteiger partial charge in [0, 0.05) is 43.5 Å². The first-order chi connectivity index (χ1) is 13.0. The molecule has 144 valence electrons. The molecule has 3 rings (SSSR count). The van der Waals surface area contributed by atoms with E-state index in [9.17, 15) is 4.79 Å². The Morgan fingerprint density at radius 3 is 2.19 bits per heavy atom. The molecule has 7 heteroatoms. The van der Waals surface area contributed by atoms with Crippen LogP contribution in [0.15, 0.2) is 36.4 Å². The number of amides is 1. The highest BCUT2D eigenvalue weighted by Crippen LogP contribution is 2.30. The largest absolute Gasteiger partial charge is 0.497 e. The third-order valence-corrected chi connectivity index (χ3v) is 4.97. The predicted molar refractivity (Wildman–Crippen MR) is 109 cm³/mol. The van der Waals surface area contributed by atoms with Crippen molar-refractivity contribution < 1.29 is 14.3 Å². The van der Waals surface area contributed by atoms with Gasteiger partial charge in [0.1, 0.15) is 11.5 Å². The minimum atomic E-state index is -0.254. The van der Waals surface area contributed by atoms with Gasteiger partial charge >= 0.3 is 0 Å². The lowest BCUT2D eigenvalue weighted by molar-refractivity contribution is 0.102. The zero-order valence-corrected chi connectivity index (χ0v) is 16.5. The molecule has 1 amide bonds. The van der Waals surface area contributed by atoms with Gasteiger partial charge in [-0.05, 0) is 37.4 Å². The number of methoxy groups -OCH3 is 2. The number of hydrogen-bond acceptors (Lipinski definition) is 5. The van der Waals surface area contributed by atoms with Crippen molar-refractivity contribution in [3.63, 3.8) is 0 Å². The van der Waals surface area contributed by atoms with Crippen LogP contribution in [0, 0.1) is 0 Å². The van der Waals surface area contributed by atoms with E-state index in [2.05, 4.69) is 22.2 Å². The Hall–Kier alpha value is -2.44. The van der Waals surface area contributed by atoms with Crippen LogP contribution in [0.2, 0.25) is 5.02 Å². The number of piperazine rings is 1. The molecule has 0 unspecified atom stereocenters. The van der Waals surface area contributed by atoms with Gasteiger partial charge in [-0.2, -0.15) is 0 Å². The Labute approximate surface area is 164 Å². The van der Waals surface area contributed by atoms with E-state index < -0.39 is 0 Å². The van der Waals surface area contributed by atoms with Crippen LogP contribution < -0.4 is 19.7 Å². The molecule has 0 spiro atoms. The number of nitrogens with one attached hydrogen (secondary N) is 1. The van der Waals surface area contributed by atoms with E-state index >= 15 is 0 Å². The van der Waals surface area contributed by atoms with Crippen molar-refractivity contribution in [1.29, 1.82) is 0 Å². The molecule has 6 nitrogen and oxygen atoms in total. The molecular formula is C20H24ClN3O3. The third kappa shape index (κ3) is 4.64. The Morgan fingerprint density at radius 2 is 1.63 bits per heavy atom. The summed E-state index contributed by atoms with van der Waals surface area (Å²) in [6.45, 7) is 3.88. The standard InChI is InChI=1S/C20H24ClN3O3/c1-23-6-8-24(9-7-23)19-5-4-15(12-18(19)21)22-20(25)14-10-16(26-2)13-17(11-14)27-3/h4-5,10-13H,6-9H2,1-3H3,(H,22,25). The Bertz CT molecular complexity index is 798. The Balaban J connectivity index is 1.74. The monoisotopic (exact) mass is 389 g/mol. The number of nitrogens with zero attached hydrogens (tertiary/aromatic N) is 2. The minimum absolute atomic E-state index is 0.254. The number of carbonyl (C=O) groups is 1. The van der Waals surface area contributed by atoms with Crippen LogP contribution >= 0.6 is 11.6 Å². The maximum Gasteiger partial charge on any atom is 0.255 e. The maximum atomic E-state index is 12.6. The summed E-state index contributed by atoms with van der Waals surface area (Å²) in [7, 11) is 5.21. The molecule has 0 atom stereocenters. The highest BCUT2D eigenvalue weighted by atomic mass is 35.5. The van der Waals surface area contributed by atoms with Crippen molar-refractivity contribution in [2.24, 2.45) is 0 Å².